The van der Waals surface area contributed by atoms with E-state index in [-0.39, 0.29) is 27.0 Å². The lowest BCUT2D eigenvalue weighted by Gasteiger charge is -2.32. The maximum absolute atomic E-state index is 13.2. The molecule has 5 aromatic rings. The van der Waals surface area contributed by atoms with Crippen molar-refractivity contribution in [3.8, 4) is 29.0 Å². The molecule has 1 amide bonds. The number of piperidine rings is 1. The van der Waals surface area contributed by atoms with E-state index in [0.29, 0.717) is 60.6 Å². The molecule has 1 saturated heterocycles. The fourth-order valence-electron chi connectivity index (χ4n) is 5.33. The molecule has 0 radical (unpaired) electrons. The van der Waals surface area contributed by atoms with Crippen LogP contribution in [0.25, 0.3) is 11.3 Å². The number of thioether (sulfide) groups is 1. The molecule has 16 heteroatoms. The van der Waals surface area contributed by atoms with Crippen molar-refractivity contribution >= 4 is 39.0 Å². The van der Waals surface area contributed by atoms with E-state index in [0.717, 1.165) is 17.3 Å². The third-order valence-corrected chi connectivity index (χ3v) is 10.3. The normalized spacial score (nSPS) is 13.4. The zero-order chi connectivity index (χ0) is 35.1. The first-order valence-corrected chi connectivity index (χ1v) is 18.1. The number of carbonyl (C=O) groups excluding carboxylic acids is 1. The van der Waals surface area contributed by atoms with Gasteiger partial charge in [-0.05, 0) is 48.2 Å². The third kappa shape index (κ3) is 7.64. The van der Waals surface area contributed by atoms with E-state index >= 15 is 0 Å². The Bertz CT molecular complexity index is 2100. The first-order chi connectivity index (χ1) is 24.3. The molecule has 1 fully saturated rings. The Hall–Kier alpha value is -5.66. The minimum atomic E-state index is -4.27. The molecule has 3 heterocycles. The Kier molecular flexibility index (Phi) is 10.4. The number of carbonyl (C=O) groups is 1. The predicted molar refractivity (Wildman–Crippen MR) is 182 cm³/mol. The van der Waals surface area contributed by atoms with Crippen LogP contribution in [0.2, 0.25) is 0 Å². The van der Waals surface area contributed by atoms with Crippen molar-refractivity contribution in [2.24, 2.45) is 0 Å². The fourth-order valence-corrected chi connectivity index (χ4v) is 7.25. The number of rotatable bonds is 12. The van der Waals surface area contributed by atoms with E-state index in [1.807, 2.05) is 42.2 Å². The molecule has 0 spiro atoms. The van der Waals surface area contributed by atoms with Gasteiger partial charge in [0, 0.05) is 37.2 Å². The molecule has 1 aliphatic heterocycles. The van der Waals surface area contributed by atoms with Gasteiger partial charge in [0.05, 0.1) is 28.1 Å². The van der Waals surface area contributed by atoms with Gasteiger partial charge in [0.2, 0.25) is 5.91 Å². The van der Waals surface area contributed by atoms with Crippen molar-refractivity contribution in [3.05, 3.63) is 95.7 Å². The number of ether oxygens (including phenoxy) is 2. The fraction of sp³-hybridized carbons (Fsp3) is 0.235. The molecule has 0 saturated carbocycles. The smallest absolute Gasteiger partial charge is 0.415 e. The van der Waals surface area contributed by atoms with Gasteiger partial charge >= 0.3 is 10.9 Å². The SMILES string of the molecule is CCOc1ccc(NC(=O)CSc2nc(-c3ccccc3)c(C#N)c(N3CCC(Oc4no[n+]([O-])c4S(=O)(=O)c4ccccc4)CC3)n2)cc1. The Labute approximate surface area is 292 Å². The maximum Gasteiger partial charge on any atom is 0.415 e. The van der Waals surface area contributed by atoms with Crippen LogP contribution >= 0.6 is 11.8 Å². The van der Waals surface area contributed by atoms with Crippen LogP contribution < -0.4 is 24.6 Å². The number of anilines is 2. The second-order valence-electron chi connectivity index (χ2n) is 11.0. The summed E-state index contributed by atoms with van der Waals surface area (Å²) in [6, 6.07) is 26.1. The van der Waals surface area contributed by atoms with E-state index in [2.05, 4.69) is 26.2 Å². The number of hydrogen-bond donors (Lipinski definition) is 1. The van der Waals surface area contributed by atoms with Crippen LogP contribution in [0.15, 0.2) is 105 Å². The van der Waals surface area contributed by atoms with E-state index < -0.39 is 26.8 Å². The topological polar surface area (TPSA) is 187 Å². The molecular formula is C34H31N7O7S2. The summed E-state index contributed by atoms with van der Waals surface area (Å²) < 4.78 is 42.4. The van der Waals surface area contributed by atoms with Crippen molar-refractivity contribution in [3.63, 3.8) is 0 Å². The van der Waals surface area contributed by atoms with E-state index in [9.17, 15) is 23.7 Å². The number of nitrogens with one attached hydrogen (secondary N) is 1. The van der Waals surface area contributed by atoms with Gasteiger partial charge in [0.1, 0.15) is 23.5 Å². The summed E-state index contributed by atoms with van der Waals surface area (Å²) in [5.74, 6) is 0.454. The average Bonchev–Trinajstić information content (AvgIpc) is 3.52. The Morgan fingerprint density at radius 3 is 2.40 bits per heavy atom. The van der Waals surface area contributed by atoms with Crippen molar-refractivity contribution in [1.29, 1.82) is 5.26 Å². The number of nitriles is 1. The zero-order valence-electron chi connectivity index (χ0n) is 26.8. The van der Waals surface area contributed by atoms with Crippen LogP contribution in [-0.4, -0.2) is 61.0 Å². The number of sulfone groups is 1. The minimum absolute atomic E-state index is 0.0222. The Morgan fingerprint density at radius 1 is 1.06 bits per heavy atom. The highest BCUT2D eigenvalue weighted by Crippen LogP contribution is 2.33. The molecule has 1 N–H and O–H groups in total. The summed E-state index contributed by atoms with van der Waals surface area (Å²) in [6.07, 6.45) is 0.264. The quantitative estimate of drug-likeness (QED) is 0.107. The highest BCUT2D eigenvalue weighted by Gasteiger charge is 2.38. The molecule has 256 valence electrons. The summed E-state index contributed by atoms with van der Waals surface area (Å²) in [5.41, 5.74) is 2.05. The number of hydrogen-bond acceptors (Lipinski definition) is 13. The molecule has 0 unspecified atom stereocenters. The van der Waals surface area contributed by atoms with Crippen LogP contribution in [-0.2, 0) is 14.6 Å². The lowest BCUT2D eigenvalue weighted by Crippen LogP contribution is -2.39. The predicted octanol–water partition coefficient (Wildman–Crippen LogP) is 4.65. The summed E-state index contributed by atoms with van der Waals surface area (Å²) >= 11 is 1.14. The maximum atomic E-state index is 13.2. The second-order valence-corrected chi connectivity index (χ2v) is 13.8. The number of amides is 1. The molecule has 0 atom stereocenters. The van der Waals surface area contributed by atoms with Gasteiger partial charge in [0.25, 0.3) is 9.84 Å². The van der Waals surface area contributed by atoms with Gasteiger partial charge in [-0.15, -0.1) is 0 Å². The molecule has 14 nitrogen and oxygen atoms in total. The van der Waals surface area contributed by atoms with Crippen LogP contribution in [0.3, 0.4) is 0 Å². The van der Waals surface area contributed by atoms with Gasteiger partial charge in [-0.2, -0.15) is 5.26 Å². The number of benzene rings is 3. The largest absolute Gasteiger partial charge is 0.494 e. The summed E-state index contributed by atoms with van der Waals surface area (Å²) in [6.45, 7) is 3.19. The molecule has 1 aliphatic rings. The van der Waals surface area contributed by atoms with Gasteiger partial charge in [-0.3, -0.25) is 9.42 Å². The Morgan fingerprint density at radius 2 is 1.74 bits per heavy atom. The van der Waals surface area contributed by atoms with Crippen molar-refractivity contribution in [2.45, 2.75) is 40.9 Å². The van der Waals surface area contributed by atoms with Crippen molar-refractivity contribution in [2.75, 3.05) is 35.7 Å². The van der Waals surface area contributed by atoms with Crippen LogP contribution in [0, 0.1) is 16.5 Å². The van der Waals surface area contributed by atoms with Crippen LogP contribution in [0.1, 0.15) is 25.3 Å². The van der Waals surface area contributed by atoms with E-state index in [1.165, 1.54) is 12.1 Å². The summed E-state index contributed by atoms with van der Waals surface area (Å²) in [4.78, 5) is 23.9. The summed E-state index contributed by atoms with van der Waals surface area (Å²) in [5, 5.41) is 28.7. The molecule has 3 aromatic carbocycles. The lowest BCUT2D eigenvalue weighted by atomic mass is 10.0. The average molecular weight is 714 g/mol. The van der Waals surface area contributed by atoms with Crippen molar-refractivity contribution in [1.82, 2.24) is 15.1 Å². The Balaban J connectivity index is 1.19. The highest BCUT2D eigenvalue weighted by molar-refractivity contribution is 7.99. The molecule has 0 bridgehead atoms. The monoisotopic (exact) mass is 713 g/mol. The standard InChI is InChI=1S/C34H31N7O7S2/c1-2-46-25-15-13-24(14-16-25)36-29(42)22-49-34-37-30(23-9-5-3-6-10-23)28(21-35)31(38-34)40-19-17-26(18-20-40)47-32-33(41(43)48-39-32)50(44,45)27-11-7-4-8-12-27/h3-16,26H,2,17-20,22H2,1H3,(H,36,42). The third-order valence-electron chi connectivity index (χ3n) is 7.68. The van der Waals surface area contributed by atoms with Crippen LogP contribution in [0.5, 0.6) is 11.6 Å². The van der Waals surface area contributed by atoms with E-state index in [1.54, 1.807) is 42.5 Å². The zero-order valence-corrected chi connectivity index (χ0v) is 28.4. The molecule has 2 aromatic heterocycles. The molecule has 0 aliphatic carbocycles. The van der Waals surface area contributed by atoms with Crippen LogP contribution in [0.4, 0.5) is 11.5 Å². The van der Waals surface area contributed by atoms with E-state index in [4.69, 9.17) is 14.5 Å². The summed E-state index contributed by atoms with van der Waals surface area (Å²) in [7, 11) is -4.27. The second kappa shape index (κ2) is 15.3. The molecule has 6 rings (SSSR count). The highest BCUT2D eigenvalue weighted by atomic mass is 32.2. The minimum Gasteiger partial charge on any atom is -0.494 e. The number of nitrogens with zero attached hydrogens (tertiary/aromatic N) is 6. The molecule has 50 heavy (non-hydrogen) atoms. The van der Waals surface area contributed by atoms with Gasteiger partial charge in [-0.25, -0.2) is 18.4 Å². The molecular weight excluding hydrogens is 683 g/mol. The number of aromatic nitrogens is 4. The van der Waals surface area contributed by atoms with Gasteiger partial charge < -0.3 is 24.9 Å². The first kappa shape index (κ1) is 34.2. The lowest BCUT2D eigenvalue weighted by molar-refractivity contribution is -0.832. The first-order valence-electron chi connectivity index (χ1n) is 15.6. The van der Waals surface area contributed by atoms with Gasteiger partial charge in [0.15, 0.2) is 11.0 Å². The van der Waals surface area contributed by atoms with Crippen molar-refractivity contribution < 1.29 is 32.2 Å². The van der Waals surface area contributed by atoms with Gasteiger partial charge in [-0.1, -0.05) is 60.3 Å².